The Morgan fingerprint density at radius 1 is 0.583 bits per heavy atom. The lowest BCUT2D eigenvalue weighted by Crippen LogP contribution is -1.93. The van der Waals surface area contributed by atoms with E-state index in [2.05, 4.69) is 6.92 Å². The Hall–Kier alpha value is -0.570. The van der Waals surface area contributed by atoms with Crippen LogP contribution in [-0.4, -0.2) is 22.8 Å². The van der Waals surface area contributed by atoms with Gasteiger partial charge in [0.05, 0.1) is 0 Å². The molecule has 0 aromatic heterocycles. The topological polar surface area (TPSA) is 57.5 Å². The molecule has 24 heavy (non-hydrogen) atoms. The zero-order chi connectivity index (χ0) is 18.3. The summed E-state index contributed by atoms with van der Waals surface area (Å²) in [5.41, 5.74) is 0. The van der Waals surface area contributed by atoms with Gasteiger partial charge in [0.1, 0.15) is 0 Å². The fourth-order valence-corrected chi connectivity index (χ4v) is 2.65. The van der Waals surface area contributed by atoms with Crippen molar-refractivity contribution in [3.63, 3.8) is 0 Å². The summed E-state index contributed by atoms with van der Waals surface area (Å²) < 4.78 is 0. The maximum Gasteiger partial charge on any atom is 0.303 e. The Bertz CT molecular complexity index is 227. The zero-order valence-corrected chi connectivity index (χ0v) is 16.5. The largest absolute Gasteiger partial charge is 0.481 e. The van der Waals surface area contributed by atoms with Gasteiger partial charge in [-0.2, -0.15) is 0 Å². The quantitative estimate of drug-likeness (QED) is 0.288. The summed E-state index contributed by atoms with van der Waals surface area (Å²) >= 11 is 0. The van der Waals surface area contributed by atoms with Gasteiger partial charge in [-0.05, 0) is 12.8 Å². The van der Waals surface area contributed by atoms with E-state index in [0.29, 0.717) is 13.0 Å². The van der Waals surface area contributed by atoms with Gasteiger partial charge in [-0.15, -0.1) is 0 Å². The maximum atomic E-state index is 10.3. The molecule has 0 fully saturated rings. The van der Waals surface area contributed by atoms with E-state index in [1.165, 1.54) is 83.5 Å². The minimum atomic E-state index is -0.653. The minimum absolute atomic E-state index is 0.319. The van der Waals surface area contributed by atoms with Crippen LogP contribution in [0.1, 0.15) is 123 Å². The molecule has 0 saturated carbocycles. The molecule has 0 aromatic carbocycles. The zero-order valence-electron chi connectivity index (χ0n) is 16.5. The lowest BCUT2D eigenvalue weighted by Gasteiger charge is -2.03. The van der Waals surface area contributed by atoms with Crippen molar-refractivity contribution < 1.29 is 15.0 Å². The van der Waals surface area contributed by atoms with Crippen LogP contribution >= 0.6 is 0 Å². The molecule has 0 bridgehead atoms. The molecule has 146 valence electrons. The van der Waals surface area contributed by atoms with E-state index in [4.69, 9.17) is 10.2 Å². The number of aliphatic carboxylic acids is 1. The van der Waals surface area contributed by atoms with E-state index < -0.39 is 5.97 Å². The van der Waals surface area contributed by atoms with Gasteiger partial charge in [-0.1, -0.05) is 104 Å². The van der Waals surface area contributed by atoms with Crippen LogP contribution < -0.4 is 0 Å². The molecule has 3 heteroatoms. The van der Waals surface area contributed by atoms with Crippen molar-refractivity contribution in [2.75, 3.05) is 6.61 Å². The van der Waals surface area contributed by atoms with Gasteiger partial charge in [0, 0.05) is 13.0 Å². The number of hydrogen-bond donors (Lipinski definition) is 2. The van der Waals surface area contributed by atoms with Crippen LogP contribution in [0.3, 0.4) is 0 Å². The van der Waals surface area contributed by atoms with E-state index in [1.54, 1.807) is 0 Å². The van der Waals surface area contributed by atoms with Crippen molar-refractivity contribution in [1.82, 2.24) is 0 Å². The van der Waals surface area contributed by atoms with Gasteiger partial charge >= 0.3 is 5.97 Å². The maximum absolute atomic E-state index is 10.3. The van der Waals surface area contributed by atoms with Crippen LogP contribution in [-0.2, 0) is 4.79 Å². The van der Waals surface area contributed by atoms with Gasteiger partial charge in [-0.3, -0.25) is 4.79 Å². The lowest BCUT2D eigenvalue weighted by molar-refractivity contribution is -0.137. The SMILES string of the molecule is CCCCCCCCCCCCCCCCCC(=O)O.CCCO. The van der Waals surface area contributed by atoms with Crippen LogP contribution in [0, 0.1) is 0 Å². The molecule has 0 unspecified atom stereocenters. The highest BCUT2D eigenvalue weighted by Crippen LogP contribution is 2.13. The molecule has 0 radical (unpaired) electrons. The van der Waals surface area contributed by atoms with Gasteiger partial charge < -0.3 is 10.2 Å². The van der Waals surface area contributed by atoms with Crippen molar-refractivity contribution in [3.05, 3.63) is 0 Å². The lowest BCUT2D eigenvalue weighted by atomic mass is 10.0. The van der Waals surface area contributed by atoms with E-state index in [1.807, 2.05) is 6.92 Å². The summed E-state index contributed by atoms with van der Waals surface area (Å²) in [6.45, 7) is 4.52. The van der Waals surface area contributed by atoms with Crippen molar-refractivity contribution in [3.8, 4) is 0 Å². The van der Waals surface area contributed by atoms with Crippen LogP contribution in [0.25, 0.3) is 0 Å². The molecule has 0 spiro atoms. The highest BCUT2D eigenvalue weighted by molar-refractivity contribution is 5.66. The number of carbonyl (C=O) groups is 1. The number of hydrogen-bond acceptors (Lipinski definition) is 2. The first kappa shape index (κ1) is 25.7. The summed E-state index contributed by atoms with van der Waals surface area (Å²) in [7, 11) is 0. The molecule has 0 heterocycles. The number of carboxylic acids is 1. The summed E-state index contributed by atoms with van der Waals surface area (Å²) in [6, 6.07) is 0. The minimum Gasteiger partial charge on any atom is -0.481 e. The average molecular weight is 345 g/mol. The summed E-state index contributed by atoms with van der Waals surface area (Å²) in [5, 5.41) is 16.4. The van der Waals surface area contributed by atoms with Gasteiger partial charge in [0.25, 0.3) is 0 Å². The molecule has 3 nitrogen and oxygen atoms in total. The van der Waals surface area contributed by atoms with E-state index >= 15 is 0 Å². The highest BCUT2D eigenvalue weighted by Gasteiger charge is 1.97. The van der Waals surface area contributed by atoms with Crippen LogP contribution in [0.5, 0.6) is 0 Å². The average Bonchev–Trinajstić information content (AvgIpc) is 2.58. The first-order chi connectivity index (χ1) is 11.7. The summed E-state index contributed by atoms with van der Waals surface area (Å²) in [5.74, 6) is -0.653. The molecule has 2 N–H and O–H groups in total. The number of carboxylic acid groups (broad SMARTS) is 1. The number of unbranched alkanes of at least 4 members (excludes halogenated alkanes) is 14. The van der Waals surface area contributed by atoms with Crippen LogP contribution in [0.2, 0.25) is 0 Å². The van der Waals surface area contributed by atoms with Gasteiger partial charge in [-0.25, -0.2) is 0 Å². The molecular formula is C21H44O3. The normalized spacial score (nSPS) is 10.3. The molecule has 0 atom stereocenters. The summed E-state index contributed by atoms with van der Waals surface area (Å²) in [6.07, 6.45) is 21.1. The second-order valence-electron chi connectivity index (χ2n) is 6.82. The van der Waals surface area contributed by atoms with Crippen molar-refractivity contribution in [2.24, 2.45) is 0 Å². The molecule has 0 aromatic rings. The number of rotatable bonds is 17. The van der Waals surface area contributed by atoms with Crippen molar-refractivity contribution in [2.45, 2.75) is 123 Å². The Morgan fingerprint density at radius 3 is 1.12 bits per heavy atom. The van der Waals surface area contributed by atoms with E-state index in [0.717, 1.165) is 19.3 Å². The summed E-state index contributed by atoms with van der Waals surface area (Å²) in [4.78, 5) is 10.3. The van der Waals surface area contributed by atoms with Crippen LogP contribution in [0.4, 0.5) is 0 Å². The predicted octanol–water partition coefficient (Wildman–Crippen LogP) is 6.72. The predicted molar refractivity (Wildman–Crippen MR) is 105 cm³/mol. The Labute approximate surface area is 151 Å². The molecule has 0 aliphatic rings. The molecule has 0 rings (SSSR count). The van der Waals surface area contributed by atoms with Gasteiger partial charge in [0.2, 0.25) is 0 Å². The second-order valence-corrected chi connectivity index (χ2v) is 6.82. The Morgan fingerprint density at radius 2 is 0.875 bits per heavy atom. The first-order valence-corrected chi connectivity index (χ1v) is 10.5. The third-order valence-electron chi connectivity index (χ3n) is 4.22. The molecule has 0 aliphatic heterocycles. The number of aliphatic hydroxyl groups is 1. The molecule has 0 saturated heterocycles. The molecular weight excluding hydrogens is 300 g/mol. The highest BCUT2D eigenvalue weighted by atomic mass is 16.4. The second kappa shape index (κ2) is 24.7. The van der Waals surface area contributed by atoms with Crippen molar-refractivity contribution in [1.29, 1.82) is 0 Å². The van der Waals surface area contributed by atoms with Crippen LogP contribution in [0.15, 0.2) is 0 Å². The fraction of sp³-hybridized carbons (Fsp3) is 0.952. The number of aliphatic hydroxyl groups excluding tert-OH is 1. The third-order valence-corrected chi connectivity index (χ3v) is 4.22. The van der Waals surface area contributed by atoms with E-state index in [-0.39, 0.29) is 0 Å². The Balaban J connectivity index is 0. The standard InChI is InChI=1S/C18H36O2.C3H8O/c1-2-3-4-5-6-7-8-9-10-11-12-13-14-15-16-17-18(19)20;1-2-3-4/h2-17H2,1H3,(H,19,20);4H,2-3H2,1H3. The molecule has 0 amide bonds. The van der Waals surface area contributed by atoms with E-state index in [9.17, 15) is 4.79 Å². The van der Waals surface area contributed by atoms with Gasteiger partial charge in [0.15, 0.2) is 0 Å². The third kappa shape index (κ3) is 29.4. The first-order valence-electron chi connectivity index (χ1n) is 10.5. The fourth-order valence-electron chi connectivity index (χ4n) is 2.65. The monoisotopic (exact) mass is 344 g/mol. The molecule has 0 aliphatic carbocycles. The Kier molecular flexibility index (Phi) is 26.4. The van der Waals surface area contributed by atoms with Crippen molar-refractivity contribution >= 4 is 5.97 Å². The smallest absolute Gasteiger partial charge is 0.303 e.